The van der Waals surface area contributed by atoms with Crippen molar-refractivity contribution in [1.82, 2.24) is 10.2 Å². The zero-order valence-electron chi connectivity index (χ0n) is 35.8. The van der Waals surface area contributed by atoms with Gasteiger partial charge in [0.25, 0.3) is 0 Å². The molecule has 366 valence electrons. The van der Waals surface area contributed by atoms with Gasteiger partial charge in [0.1, 0.15) is 34.0 Å². The predicted octanol–water partition coefficient (Wildman–Crippen LogP) is 8.32. The Morgan fingerprint density at radius 2 is 0.943 bits per heavy atom. The van der Waals surface area contributed by atoms with E-state index in [-0.39, 0.29) is 47.0 Å². The number of nitrogens with two attached hydrogens (primary N) is 4. The van der Waals surface area contributed by atoms with E-state index in [2.05, 4.69) is 45.7 Å². The van der Waals surface area contributed by atoms with Crippen molar-refractivity contribution < 1.29 is 48.6 Å². The zero-order valence-corrected chi connectivity index (χ0v) is 40.8. The Morgan fingerprint density at radius 1 is 0.571 bits per heavy atom. The van der Waals surface area contributed by atoms with Gasteiger partial charge in [-0.3, -0.25) is 5.10 Å². The Hall–Kier alpha value is -6.94. The molecule has 0 spiro atoms. The number of primary sulfonamides is 3. The second kappa shape index (κ2) is 25.1. The summed E-state index contributed by atoms with van der Waals surface area (Å²) in [5.74, 6) is -0.639. The lowest BCUT2D eigenvalue weighted by Gasteiger charge is -2.06. The topological polar surface area (TPSA) is 300 Å². The Kier molecular flexibility index (Phi) is 19.9. The van der Waals surface area contributed by atoms with E-state index < -0.39 is 35.9 Å². The van der Waals surface area contributed by atoms with Crippen LogP contribution in [0, 0.1) is 17.5 Å². The fourth-order valence-electron chi connectivity index (χ4n) is 5.25. The molecule has 0 unspecified atom stereocenters. The smallest absolute Gasteiger partial charge is 0.238 e. The summed E-state index contributed by atoms with van der Waals surface area (Å²) in [5.41, 5.74) is 9.50. The van der Waals surface area contributed by atoms with E-state index in [1.807, 2.05) is 0 Å². The van der Waals surface area contributed by atoms with Crippen molar-refractivity contribution in [3.05, 3.63) is 192 Å². The summed E-state index contributed by atoms with van der Waals surface area (Å²) in [6.45, 7) is 0. The number of aliphatic hydroxyl groups excluding tert-OH is 2. The molecular formula is C45H41F3N8O8S6. The average molecular weight is 1070 g/mol. The molecule has 0 saturated carbocycles. The van der Waals surface area contributed by atoms with Crippen LogP contribution in [0.15, 0.2) is 178 Å². The number of aliphatic hydroxyl groups is 2. The van der Waals surface area contributed by atoms with Crippen molar-refractivity contribution in [2.24, 2.45) is 15.4 Å². The van der Waals surface area contributed by atoms with Crippen molar-refractivity contribution in [2.45, 2.75) is 14.7 Å². The summed E-state index contributed by atoms with van der Waals surface area (Å²) in [5, 5.41) is 47.0. The van der Waals surface area contributed by atoms with Gasteiger partial charge >= 0.3 is 0 Å². The van der Waals surface area contributed by atoms with E-state index in [0.717, 1.165) is 11.3 Å². The average Bonchev–Trinajstić information content (AvgIpc) is 3.75. The molecule has 1 aromatic heterocycles. The van der Waals surface area contributed by atoms with Crippen LogP contribution in [0.25, 0.3) is 22.8 Å². The summed E-state index contributed by atoms with van der Waals surface area (Å²) in [6.07, 6.45) is 2.63. The van der Waals surface area contributed by atoms with Gasteiger partial charge < -0.3 is 26.6 Å². The third kappa shape index (κ3) is 18.9. The van der Waals surface area contributed by atoms with Crippen molar-refractivity contribution in [3.8, 4) is 11.3 Å². The number of nitrogen functional groups attached to an aromatic ring is 1. The molecule has 16 nitrogen and oxygen atoms in total. The van der Waals surface area contributed by atoms with Gasteiger partial charge in [0.2, 0.25) is 30.1 Å². The highest BCUT2D eigenvalue weighted by Crippen LogP contribution is 2.23. The van der Waals surface area contributed by atoms with E-state index in [9.17, 15) is 48.6 Å². The molecule has 25 heteroatoms. The number of anilines is 4. The zero-order chi connectivity index (χ0) is 51.8. The summed E-state index contributed by atoms with van der Waals surface area (Å²) < 4.78 is 105. The third-order valence-corrected chi connectivity index (χ3v) is 11.9. The fraction of sp³-hybridized carbons (Fsp3) is 0. The maximum atomic E-state index is 12.9. The predicted molar refractivity (Wildman–Crippen MR) is 277 cm³/mol. The van der Waals surface area contributed by atoms with Crippen LogP contribution in [0.1, 0.15) is 11.1 Å². The minimum atomic E-state index is -3.75. The molecule has 0 amide bonds. The second-order valence-corrected chi connectivity index (χ2v) is 20.3. The van der Waals surface area contributed by atoms with Crippen LogP contribution in [-0.4, -0.2) is 54.8 Å². The number of H-pyrrole nitrogens is 1. The number of benzene rings is 6. The minimum absolute atomic E-state index is 0.0139. The summed E-state index contributed by atoms with van der Waals surface area (Å²) in [6, 6.07) is 35.9. The molecular weight excluding hydrogens is 1030 g/mol. The normalized spacial score (nSPS) is 11.6. The lowest BCUT2D eigenvalue weighted by atomic mass is 10.1. The van der Waals surface area contributed by atoms with Crippen LogP contribution in [0.3, 0.4) is 0 Å². The first-order chi connectivity index (χ1) is 32.8. The number of aromatic amines is 1. The molecule has 1 heterocycles. The van der Waals surface area contributed by atoms with Crippen LogP contribution >= 0.6 is 37.1 Å². The molecule has 0 fully saturated rings. The number of sulfonamides is 3. The monoisotopic (exact) mass is 1070 g/mol. The van der Waals surface area contributed by atoms with Crippen LogP contribution in [-0.2, 0) is 30.1 Å². The van der Waals surface area contributed by atoms with Gasteiger partial charge in [-0.1, -0.05) is 24.4 Å². The Balaban J connectivity index is 0.000000213. The lowest BCUT2D eigenvalue weighted by molar-refractivity contribution is 0.511. The SMILES string of the molecule is NS(=O)(=O)c1ccc(NC(=S)C=C(O)c2ccc(F)cc2)cc1.NS(=O)(=O)c1ccc(Nc2cc(-c3ccc(F)cc3)[nH]n2)cc1.Nc1ccc(S(N)(=O)=O)cc1.OC(=CC(=S)S)c1ccc(F)cc1. The van der Waals surface area contributed by atoms with E-state index in [1.54, 1.807) is 30.3 Å². The van der Waals surface area contributed by atoms with Crippen LogP contribution in [0.4, 0.5) is 36.1 Å². The van der Waals surface area contributed by atoms with Crippen molar-refractivity contribution in [1.29, 1.82) is 0 Å². The number of nitrogens with zero attached hydrogens (tertiary/aromatic N) is 1. The molecule has 0 atom stereocenters. The van der Waals surface area contributed by atoms with Gasteiger partial charge in [-0.15, -0.1) is 12.6 Å². The maximum absolute atomic E-state index is 12.9. The summed E-state index contributed by atoms with van der Waals surface area (Å²) >= 11 is 13.6. The number of thiol groups is 1. The van der Waals surface area contributed by atoms with Gasteiger partial charge in [0, 0.05) is 46.4 Å². The van der Waals surface area contributed by atoms with E-state index >= 15 is 0 Å². The molecule has 0 aliphatic heterocycles. The molecule has 0 aliphatic carbocycles. The quantitative estimate of drug-likeness (QED) is 0.0192. The van der Waals surface area contributed by atoms with Gasteiger partial charge in [0.15, 0.2) is 5.82 Å². The molecule has 0 radical (unpaired) electrons. The molecule has 7 rings (SSSR count). The number of thiocarbonyl (C=S) groups is 2. The molecule has 13 N–H and O–H groups in total. The van der Waals surface area contributed by atoms with Crippen LogP contribution in [0.2, 0.25) is 0 Å². The number of nitrogens with one attached hydrogen (secondary N) is 3. The Morgan fingerprint density at radius 3 is 1.34 bits per heavy atom. The standard InChI is InChI=1S/C15H13FN4O2S.C15H13FN2O3S2.C9H7FOS2.C6H8N2O2S/c16-11-3-1-10(2-4-11)14-9-15(20-19-14)18-12-5-7-13(8-6-12)23(17,21)22;16-11-3-1-10(2-4-11)14(19)9-15(22)18-12-5-7-13(8-6-12)23(17,20)21;10-7-3-1-6(2-4-7)8(11)5-9(12)13;7-5-1-3-6(4-2-5)11(8,9)10/h1-9H,(H2,17,21,22)(H2,18,19,20);1-9,19H,(H,18,22)(H2,17,20,21);1-5,11H,(H,12,13);1-4H,7H2,(H2,8,9,10). The number of hydrogen-bond acceptors (Lipinski definition) is 13. The highest BCUT2D eigenvalue weighted by molar-refractivity contribution is 8.11. The Labute approximate surface area is 417 Å². The first kappa shape index (κ1) is 55.7. The molecule has 7 aromatic rings. The van der Waals surface area contributed by atoms with E-state index in [0.29, 0.717) is 34.0 Å². The van der Waals surface area contributed by atoms with Gasteiger partial charge in [0.05, 0.1) is 24.6 Å². The lowest BCUT2D eigenvalue weighted by Crippen LogP contribution is -2.12. The summed E-state index contributed by atoms with van der Waals surface area (Å²) in [7, 11) is -11.0. The number of halogens is 3. The molecule has 0 bridgehead atoms. The second-order valence-electron chi connectivity index (χ2n) is 14.0. The third-order valence-electron chi connectivity index (χ3n) is 8.66. The van der Waals surface area contributed by atoms with Gasteiger partial charge in [-0.2, -0.15) is 5.10 Å². The largest absolute Gasteiger partial charge is 0.507 e. The number of rotatable bonds is 11. The number of aromatic nitrogens is 2. The van der Waals surface area contributed by atoms with Gasteiger partial charge in [-0.05, 0) is 151 Å². The highest BCUT2D eigenvalue weighted by atomic mass is 32.2. The first-order valence-corrected chi connectivity index (χ1v) is 25.3. The van der Waals surface area contributed by atoms with E-state index in [1.165, 1.54) is 133 Å². The van der Waals surface area contributed by atoms with E-state index in [4.69, 9.17) is 33.4 Å². The molecule has 0 saturated heterocycles. The molecule has 0 aliphatic rings. The van der Waals surface area contributed by atoms with Gasteiger partial charge in [-0.25, -0.2) is 53.8 Å². The van der Waals surface area contributed by atoms with Crippen LogP contribution < -0.4 is 31.8 Å². The number of hydrogen-bond donors (Lipinski definition) is 10. The highest BCUT2D eigenvalue weighted by Gasteiger charge is 2.10. The fourth-order valence-corrected chi connectivity index (χ4v) is 7.26. The summed E-state index contributed by atoms with van der Waals surface area (Å²) in [4.78, 5) is 0.303. The first-order valence-electron chi connectivity index (χ1n) is 19.4. The van der Waals surface area contributed by atoms with Crippen molar-refractivity contribution in [3.63, 3.8) is 0 Å². The van der Waals surface area contributed by atoms with Crippen LogP contribution in [0.5, 0.6) is 0 Å². The Bertz CT molecular complexity index is 3310. The minimum Gasteiger partial charge on any atom is -0.507 e. The molecule has 70 heavy (non-hydrogen) atoms. The van der Waals surface area contributed by atoms with Crippen molar-refractivity contribution in [2.75, 3.05) is 16.4 Å². The maximum Gasteiger partial charge on any atom is 0.238 e. The van der Waals surface area contributed by atoms with Crippen molar-refractivity contribution >= 4 is 111 Å². The molecule has 6 aromatic carbocycles.